The minimum atomic E-state index is 0.732. The smallest absolute Gasteiger partial charge is 0.138 e. The predicted octanol–water partition coefficient (Wildman–Crippen LogP) is 0.466. The summed E-state index contributed by atoms with van der Waals surface area (Å²) in [6, 6.07) is 7.65. The first-order valence-electron chi connectivity index (χ1n) is 5.81. The lowest BCUT2D eigenvalue weighted by atomic mass is 10.2. The second-order valence-corrected chi connectivity index (χ2v) is 4.32. The third-order valence-corrected chi connectivity index (χ3v) is 2.94. The first-order valence-corrected chi connectivity index (χ1v) is 5.81. The Hall–Kier alpha value is -2.49. The molecule has 18 heavy (non-hydrogen) atoms. The van der Waals surface area contributed by atoms with Crippen molar-refractivity contribution in [1.29, 1.82) is 0 Å². The van der Waals surface area contributed by atoms with E-state index in [9.17, 15) is 0 Å². The van der Waals surface area contributed by atoms with Crippen molar-refractivity contribution in [3.63, 3.8) is 0 Å². The molecule has 0 saturated heterocycles. The van der Waals surface area contributed by atoms with Gasteiger partial charge < -0.3 is 16.5 Å². The van der Waals surface area contributed by atoms with Crippen molar-refractivity contribution in [3.05, 3.63) is 46.7 Å². The van der Waals surface area contributed by atoms with Gasteiger partial charge in [0.15, 0.2) is 0 Å². The SMILES string of the molecule is NC1=CC=c2[nH]c(-c3ccc(N)cc3)nc2=CC1. The summed E-state index contributed by atoms with van der Waals surface area (Å²) in [5.41, 5.74) is 14.1. The maximum absolute atomic E-state index is 5.78. The number of aromatic amines is 1. The van der Waals surface area contributed by atoms with Gasteiger partial charge in [0.25, 0.3) is 0 Å². The van der Waals surface area contributed by atoms with Crippen LogP contribution in [0.3, 0.4) is 0 Å². The van der Waals surface area contributed by atoms with E-state index in [1.165, 1.54) is 0 Å². The van der Waals surface area contributed by atoms with Gasteiger partial charge >= 0.3 is 0 Å². The van der Waals surface area contributed by atoms with Gasteiger partial charge in [-0.15, -0.1) is 0 Å². The monoisotopic (exact) mass is 238 g/mol. The summed E-state index contributed by atoms with van der Waals surface area (Å²) < 4.78 is 0. The number of hydrogen-bond acceptors (Lipinski definition) is 3. The summed E-state index contributed by atoms with van der Waals surface area (Å²) in [6.45, 7) is 0. The molecule has 1 aromatic heterocycles. The number of fused-ring (bicyclic) bond motifs is 1. The zero-order chi connectivity index (χ0) is 12.5. The van der Waals surface area contributed by atoms with E-state index in [1.54, 1.807) is 0 Å². The van der Waals surface area contributed by atoms with Crippen LogP contribution in [0.25, 0.3) is 23.5 Å². The molecule has 1 heterocycles. The van der Waals surface area contributed by atoms with Crippen LogP contribution >= 0.6 is 0 Å². The van der Waals surface area contributed by atoms with Gasteiger partial charge in [0, 0.05) is 23.4 Å². The first-order chi connectivity index (χ1) is 8.72. The largest absolute Gasteiger partial charge is 0.402 e. The zero-order valence-corrected chi connectivity index (χ0v) is 9.85. The Bertz CT molecular complexity index is 720. The lowest BCUT2D eigenvalue weighted by Crippen LogP contribution is -2.23. The molecule has 0 fully saturated rings. The van der Waals surface area contributed by atoms with Crippen molar-refractivity contribution in [3.8, 4) is 11.4 Å². The fraction of sp³-hybridized carbons (Fsp3) is 0.0714. The molecule has 0 radical (unpaired) electrons. The lowest BCUT2D eigenvalue weighted by Gasteiger charge is -1.96. The number of nitrogens with two attached hydrogens (primary N) is 2. The minimum Gasteiger partial charge on any atom is -0.402 e. The number of anilines is 1. The molecule has 0 aliphatic heterocycles. The average molecular weight is 238 g/mol. The normalized spacial score (nSPS) is 13.9. The predicted molar refractivity (Wildman–Crippen MR) is 73.5 cm³/mol. The number of nitrogens with zero attached hydrogens (tertiary/aromatic N) is 1. The van der Waals surface area contributed by atoms with Crippen molar-refractivity contribution in [1.82, 2.24) is 9.97 Å². The Labute approximate surface area is 104 Å². The Morgan fingerprint density at radius 1 is 1.06 bits per heavy atom. The molecule has 0 unspecified atom stereocenters. The van der Waals surface area contributed by atoms with Gasteiger partial charge in [-0.3, -0.25) is 0 Å². The van der Waals surface area contributed by atoms with Gasteiger partial charge in [0.1, 0.15) is 5.82 Å². The highest BCUT2D eigenvalue weighted by atomic mass is 14.9. The van der Waals surface area contributed by atoms with E-state index in [-0.39, 0.29) is 0 Å². The summed E-state index contributed by atoms with van der Waals surface area (Å²) in [5, 5.41) is 1.93. The van der Waals surface area contributed by atoms with Crippen molar-refractivity contribution in [2.75, 3.05) is 5.73 Å². The molecule has 4 heteroatoms. The quantitative estimate of drug-likeness (QED) is 0.632. The second kappa shape index (κ2) is 4.07. The standard InChI is InChI=1S/C14H14N4/c15-10-3-1-9(2-4-10)14-17-12-7-5-11(16)6-8-13(12)18-14/h1-5,7-8H,6,15-16H2,(H,17,18). The summed E-state index contributed by atoms with van der Waals surface area (Å²) in [7, 11) is 0. The topological polar surface area (TPSA) is 80.7 Å². The van der Waals surface area contributed by atoms with Gasteiger partial charge in [-0.25, -0.2) is 4.98 Å². The first kappa shape index (κ1) is 10.7. The highest BCUT2D eigenvalue weighted by molar-refractivity contribution is 5.59. The van der Waals surface area contributed by atoms with Crippen LogP contribution in [0.4, 0.5) is 5.69 Å². The molecule has 0 amide bonds. The number of aromatic nitrogens is 2. The van der Waals surface area contributed by atoms with Gasteiger partial charge in [0.2, 0.25) is 0 Å². The van der Waals surface area contributed by atoms with E-state index in [0.29, 0.717) is 0 Å². The van der Waals surface area contributed by atoms with Gasteiger partial charge in [-0.05, 0) is 36.4 Å². The van der Waals surface area contributed by atoms with Crippen molar-refractivity contribution >= 4 is 17.8 Å². The fourth-order valence-corrected chi connectivity index (χ4v) is 1.93. The summed E-state index contributed by atoms with van der Waals surface area (Å²) in [6.07, 6.45) is 6.63. The molecule has 0 atom stereocenters. The molecule has 0 bridgehead atoms. The van der Waals surface area contributed by atoms with Crippen molar-refractivity contribution in [2.45, 2.75) is 6.42 Å². The minimum absolute atomic E-state index is 0.732. The average Bonchev–Trinajstić information content (AvgIpc) is 2.70. The molecular formula is C14H14N4. The number of hydrogen-bond donors (Lipinski definition) is 3. The van der Waals surface area contributed by atoms with Gasteiger partial charge in [-0.2, -0.15) is 0 Å². The van der Waals surface area contributed by atoms with E-state index in [1.807, 2.05) is 42.5 Å². The summed E-state index contributed by atoms with van der Waals surface area (Å²) in [4.78, 5) is 7.86. The van der Waals surface area contributed by atoms with E-state index < -0.39 is 0 Å². The van der Waals surface area contributed by atoms with Crippen LogP contribution in [0.2, 0.25) is 0 Å². The van der Waals surface area contributed by atoms with E-state index in [4.69, 9.17) is 11.5 Å². The molecule has 0 saturated carbocycles. The number of allylic oxidation sites excluding steroid dienone is 2. The maximum Gasteiger partial charge on any atom is 0.138 e. The molecular weight excluding hydrogens is 224 g/mol. The lowest BCUT2D eigenvalue weighted by molar-refractivity contribution is 1.20. The van der Waals surface area contributed by atoms with Crippen LogP contribution in [0.5, 0.6) is 0 Å². The summed E-state index contributed by atoms with van der Waals surface area (Å²) in [5.74, 6) is 0.848. The van der Waals surface area contributed by atoms with Crippen molar-refractivity contribution in [2.24, 2.45) is 5.73 Å². The molecule has 1 aliphatic carbocycles. The van der Waals surface area contributed by atoms with Crippen LogP contribution in [0.1, 0.15) is 6.42 Å². The highest BCUT2D eigenvalue weighted by Gasteiger charge is 2.03. The number of benzene rings is 1. The Balaban J connectivity index is 2.12. The number of imidazole rings is 1. The maximum atomic E-state index is 5.78. The van der Waals surface area contributed by atoms with Crippen LogP contribution in [-0.2, 0) is 0 Å². The number of nitrogen functional groups attached to an aromatic ring is 1. The Morgan fingerprint density at radius 3 is 2.61 bits per heavy atom. The Kier molecular flexibility index (Phi) is 2.41. The Morgan fingerprint density at radius 2 is 1.83 bits per heavy atom. The molecule has 3 rings (SSSR count). The molecule has 90 valence electrons. The van der Waals surface area contributed by atoms with Gasteiger partial charge in [-0.1, -0.05) is 6.08 Å². The van der Waals surface area contributed by atoms with Crippen LogP contribution in [0.15, 0.2) is 36.0 Å². The number of H-pyrrole nitrogens is 1. The highest BCUT2D eigenvalue weighted by Crippen LogP contribution is 2.14. The number of rotatable bonds is 1. The fourth-order valence-electron chi connectivity index (χ4n) is 1.93. The second-order valence-electron chi connectivity index (χ2n) is 4.32. The molecule has 5 N–H and O–H groups in total. The molecule has 4 nitrogen and oxygen atoms in total. The van der Waals surface area contributed by atoms with Crippen LogP contribution in [0, 0.1) is 0 Å². The third-order valence-electron chi connectivity index (χ3n) is 2.94. The molecule has 0 spiro atoms. The third kappa shape index (κ3) is 1.88. The molecule has 2 aromatic rings. The van der Waals surface area contributed by atoms with Gasteiger partial charge in [0.05, 0.1) is 10.7 Å². The zero-order valence-electron chi connectivity index (χ0n) is 9.85. The van der Waals surface area contributed by atoms with E-state index in [0.717, 1.165) is 39.9 Å². The van der Waals surface area contributed by atoms with Crippen LogP contribution < -0.4 is 22.2 Å². The number of nitrogens with one attached hydrogen (secondary N) is 1. The molecule has 1 aliphatic rings. The van der Waals surface area contributed by atoms with Crippen LogP contribution in [-0.4, -0.2) is 9.97 Å². The van der Waals surface area contributed by atoms with Crippen molar-refractivity contribution < 1.29 is 0 Å². The summed E-state index contributed by atoms with van der Waals surface area (Å²) >= 11 is 0. The van der Waals surface area contributed by atoms with E-state index in [2.05, 4.69) is 9.97 Å². The van der Waals surface area contributed by atoms with E-state index >= 15 is 0 Å². The molecule has 1 aromatic carbocycles.